The summed E-state index contributed by atoms with van der Waals surface area (Å²) in [6.45, 7) is 5.90. The highest BCUT2D eigenvalue weighted by Crippen LogP contribution is 2.35. The molecule has 4 rings (SSSR count). The molecule has 0 N–H and O–H groups in total. The number of hydrogen-bond acceptors (Lipinski definition) is 3. The molecule has 0 saturated heterocycles. The Labute approximate surface area is 142 Å². The molecule has 2 aliphatic heterocycles. The van der Waals surface area contributed by atoms with Gasteiger partial charge >= 0.3 is 0 Å². The number of benzene rings is 2. The van der Waals surface area contributed by atoms with Crippen LogP contribution in [0.15, 0.2) is 36.4 Å². The number of rotatable bonds is 4. The molecule has 0 radical (unpaired) electrons. The number of ether oxygens (including phenoxy) is 2. The largest absolute Gasteiger partial charge is 0.451 e. The van der Waals surface area contributed by atoms with Crippen LogP contribution >= 0.6 is 0 Å². The number of nitrogens with zero attached hydrogens (tertiary/aromatic N) is 1. The molecule has 0 spiro atoms. The molecule has 2 aromatic rings. The van der Waals surface area contributed by atoms with Crippen LogP contribution < -0.4 is 9.47 Å². The predicted molar refractivity (Wildman–Crippen MR) is 90.6 cm³/mol. The van der Waals surface area contributed by atoms with Crippen LogP contribution in [0.25, 0.3) is 0 Å². The summed E-state index contributed by atoms with van der Waals surface area (Å²) in [5.74, 6) is 1.53. The molecule has 0 fully saturated rings. The summed E-state index contributed by atoms with van der Waals surface area (Å²) in [7, 11) is 0. The van der Waals surface area contributed by atoms with Gasteiger partial charge in [0.2, 0.25) is 6.29 Å². The van der Waals surface area contributed by atoms with Gasteiger partial charge in [-0.3, -0.25) is 4.90 Å². The summed E-state index contributed by atoms with van der Waals surface area (Å²) in [6, 6.07) is 11.8. The quantitative estimate of drug-likeness (QED) is 0.836. The molecule has 0 saturated carbocycles. The first-order valence-corrected chi connectivity index (χ1v) is 8.56. The maximum atomic E-state index is 13.4. The van der Waals surface area contributed by atoms with E-state index in [4.69, 9.17) is 9.47 Å². The molecular weight excluding hydrogens is 305 g/mol. The Balaban J connectivity index is 1.36. The highest BCUT2D eigenvalue weighted by molar-refractivity contribution is 5.45. The Morgan fingerprint density at radius 1 is 1.08 bits per heavy atom. The highest BCUT2D eigenvalue weighted by Gasteiger charge is 2.24. The van der Waals surface area contributed by atoms with E-state index in [1.54, 1.807) is 12.1 Å². The van der Waals surface area contributed by atoms with Crippen molar-refractivity contribution in [3.8, 4) is 11.5 Å². The van der Waals surface area contributed by atoms with Gasteiger partial charge in [-0.05, 0) is 60.7 Å². The average Bonchev–Trinajstić information content (AvgIpc) is 3.13. The van der Waals surface area contributed by atoms with Gasteiger partial charge in [0, 0.05) is 26.1 Å². The lowest BCUT2D eigenvalue weighted by Crippen LogP contribution is -2.28. The molecule has 0 bridgehead atoms. The van der Waals surface area contributed by atoms with Gasteiger partial charge in [-0.25, -0.2) is 4.39 Å². The molecule has 2 aliphatic rings. The average molecular weight is 327 g/mol. The van der Waals surface area contributed by atoms with E-state index in [-0.39, 0.29) is 12.1 Å². The lowest BCUT2D eigenvalue weighted by atomic mass is 10.0. The van der Waals surface area contributed by atoms with Crippen molar-refractivity contribution in [2.45, 2.75) is 52.1 Å². The van der Waals surface area contributed by atoms with Gasteiger partial charge in [0.15, 0.2) is 11.5 Å². The van der Waals surface area contributed by atoms with E-state index in [2.05, 4.69) is 24.0 Å². The fourth-order valence-corrected chi connectivity index (χ4v) is 3.54. The van der Waals surface area contributed by atoms with Crippen molar-refractivity contribution >= 4 is 0 Å². The van der Waals surface area contributed by atoms with E-state index in [1.807, 2.05) is 19.1 Å². The summed E-state index contributed by atoms with van der Waals surface area (Å²) in [6.07, 6.45) is 1.86. The normalized spacial score (nSPS) is 20.2. The molecule has 3 nitrogen and oxygen atoms in total. The van der Waals surface area contributed by atoms with Gasteiger partial charge in [0.05, 0.1) is 0 Å². The van der Waals surface area contributed by atoms with Gasteiger partial charge in [-0.15, -0.1) is 0 Å². The third-order valence-corrected chi connectivity index (χ3v) is 4.98. The van der Waals surface area contributed by atoms with Crippen molar-refractivity contribution in [2.24, 2.45) is 0 Å². The first-order chi connectivity index (χ1) is 11.6. The van der Waals surface area contributed by atoms with Crippen molar-refractivity contribution in [3.05, 3.63) is 58.9 Å². The smallest absolute Gasteiger partial charge is 0.238 e. The van der Waals surface area contributed by atoms with E-state index in [0.717, 1.165) is 43.0 Å². The predicted octanol–water partition coefficient (Wildman–Crippen LogP) is 4.28. The Kier molecular flexibility index (Phi) is 3.93. The SMILES string of the molecule is CC1Oc2ccc(CC[C@@H](C)N3Cc4ccc(F)cc4C3)cc2O1. The van der Waals surface area contributed by atoms with Crippen LogP contribution in [0.5, 0.6) is 11.5 Å². The lowest BCUT2D eigenvalue weighted by Gasteiger charge is -2.23. The maximum absolute atomic E-state index is 13.4. The Morgan fingerprint density at radius 3 is 2.75 bits per heavy atom. The minimum absolute atomic E-state index is 0.141. The van der Waals surface area contributed by atoms with Crippen molar-refractivity contribution in [1.82, 2.24) is 4.90 Å². The molecule has 2 heterocycles. The maximum Gasteiger partial charge on any atom is 0.238 e. The number of fused-ring (bicyclic) bond motifs is 2. The van der Waals surface area contributed by atoms with Gasteiger partial charge in [-0.1, -0.05) is 12.1 Å². The summed E-state index contributed by atoms with van der Waals surface area (Å²) in [4.78, 5) is 2.42. The van der Waals surface area contributed by atoms with Crippen LogP contribution in [-0.2, 0) is 19.5 Å². The van der Waals surface area contributed by atoms with Gasteiger partial charge in [-0.2, -0.15) is 0 Å². The topological polar surface area (TPSA) is 21.7 Å². The highest BCUT2D eigenvalue weighted by atomic mass is 19.1. The Bertz CT molecular complexity index is 761. The summed E-state index contributed by atoms with van der Waals surface area (Å²) in [5.41, 5.74) is 3.64. The van der Waals surface area contributed by atoms with Gasteiger partial charge in [0.25, 0.3) is 0 Å². The third-order valence-electron chi connectivity index (χ3n) is 4.98. The van der Waals surface area contributed by atoms with Crippen LogP contribution in [0.4, 0.5) is 4.39 Å². The second-order valence-corrected chi connectivity index (χ2v) is 6.79. The molecule has 126 valence electrons. The minimum Gasteiger partial charge on any atom is -0.451 e. The standard InChI is InChI=1S/C20H22FNO2/c1-13(22-11-16-6-7-18(21)10-17(16)12-22)3-4-15-5-8-19-20(9-15)24-14(2)23-19/h5-10,13-14H,3-4,11-12H2,1-2H3/t13-,14?/m1/s1. The van der Waals surface area contributed by atoms with Gasteiger partial charge in [0.1, 0.15) is 5.82 Å². The zero-order valence-corrected chi connectivity index (χ0v) is 14.1. The number of hydrogen-bond donors (Lipinski definition) is 0. The zero-order valence-electron chi connectivity index (χ0n) is 14.1. The van der Waals surface area contributed by atoms with Crippen LogP contribution in [-0.4, -0.2) is 17.2 Å². The first kappa shape index (κ1) is 15.5. The molecule has 0 aliphatic carbocycles. The van der Waals surface area contributed by atoms with E-state index in [9.17, 15) is 4.39 Å². The molecular formula is C20H22FNO2. The number of halogens is 1. The Hall–Kier alpha value is -2.07. The zero-order chi connectivity index (χ0) is 16.7. The molecule has 0 aromatic heterocycles. The van der Waals surface area contributed by atoms with E-state index in [0.29, 0.717) is 6.04 Å². The van der Waals surface area contributed by atoms with Crippen LogP contribution in [0.3, 0.4) is 0 Å². The van der Waals surface area contributed by atoms with Crippen molar-refractivity contribution < 1.29 is 13.9 Å². The van der Waals surface area contributed by atoms with E-state index >= 15 is 0 Å². The molecule has 0 amide bonds. The minimum atomic E-state index is -0.197. The summed E-state index contributed by atoms with van der Waals surface area (Å²) >= 11 is 0. The van der Waals surface area contributed by atoms with Crippen molar-refractivity contribution in [1.29, 1.82) is 0 Å². The molecule has 24 heavy (non-hydrogen) atoms. The summed E-state index contributed by atoms with van der Waals surface area (Å²) < 4.78 is 24.5. The molecule has 1 unspecified atom stereocenters. The molecule has 2 atom stereocenters. The van der Waals surface area contributed by atoms with Crippen molar-refractivity contribution in [2.75, 3.05) is 0 Å². The Morgan fingerprint density at radius 2 is 1.88 bits per heavy atom. The van der Waals surface area contributed by atoms with E-state index < -0.39 is 0 Å². The molecule has 4 heteroatoms. The number of aryl methyl sites for hydroxylation is 1. The first-order valence-electron chi connectivity index (χ1n) is 8.56. The van der Waals surface area contributed by atoms with Crippen LogP contribution in [0.1, 0.15) is 37.0 Å². The fourth-order valence-electron chi connectivity index (χ4n) is 3.54. The summed E-state index contributed by atoms with van der Waals surface area (Å²) in [5, 5.41) is 0. The fraction of sp³-hybridized carbons (Fsp3) is 0.400. The van der Waals surface area contributed by atoms with Crippen LogP contribution in [0, 0.1) is 5.82 Å². The van der Waals surface area contributed by atoms with Gasteiger partial charge < -0.3 is 9.47 Å². The van der Waals surface area contributed by atoms with Crippen molar-refractivity contribution in [3.63, 3.8) is 0 Å². The lowest BCUT2D eigenvalue weighted by molar-refractivity contribution is 0.0678. The van der Waals surface area contributed by atoms with E-state index in [1.165, 1.54) is 11.1 Å². The molecule has 2 aromatic carbocycles. The second kappa shape index (κ2) is 6.10. The second-order valence-electron chi connectivity index (χ2n) is 6.79. The monoisotopic (exact) mass is 327 g/mol. The van der Waals surface area contributed by atoms with Crippen LogP contribution in [0.2, 0.25) is 0 Å². The third kappa shape index (κ3) is 2.98.